The topological polar surface area (TPSA) is 118 Å². The molecule has 12 heteroatoms. The molecule has 2 saturated heterocycles. The van der Waals surface area contributed by atoms with Gasteiger partial charge >= 0.3 is 0 Å². The molecule has 1 aromatic rings. The Morgan fingerprint density at radius 1 is 1.09 bits per heavy atom. The van der Waals surface area contributed by atoms with Crippen molar-refractivity contribution >= 4 is 35.5 Å². The molecule has 238 valence electrons. The van der Waals surface area contributed by atoms with Crippen LogP contribution in [0, 0.1) is 24.7 Å². The number of aryl methyl sites for hydroxylation is 1. The minimum atomic E-state index is -1.33. The van der Waals surface area contributed by atoms with Crippen LogP contribution >= 0.6 is 17.4 Å². The summed E-state index contributed by atoms with van der Waals surface area (Å²) in [6.07, 6.45) is 8.59. The first kappa shape index (κ1) is 32.2. The molecule has 2 fully saturated rings. The molecule has 1 aromatic heterocycles. The Morgan fingerprint density at radius 2 is 1.89 bits per heavy atom. The molecule has 2 aliphatic carbocycles. The van der Waals surface area contributed by atoms with Gasteiger partial charge in [0.25, 0.3) is 0 Å². The summed E-state index contributed by atoms with van der Waals surface area (Å²) >= 11 is 0. The van der Waals surface area contributed by atoms with Gasteiger partial charge in [-0.15, -0.1) is 0 Å². The van der Waals surface area contributed by atoms with Crippen molar-refractivity contribution in [1.82, 2.24) is 4.98 Å². The maximum Gasteiger partial charge on any atom is 0.185 e. The zero-order valence-electron chi connectivity index (χ0n) is 26.0. The number of pyridine rings is 1. The number of aliphatic imine (C=N–C) groups is 1. The van der Waals surface area contributed by atoms with Crippen molar-refractivity contribution in [3.8, 4) is 0 Å². The number of ether oxygens (including phenoxy) is 3. The fourth-order valence-electron chi connectivity index (χ4n) is 7.17. The van der Waals surface area contributed by atoms with Crippen molar-refractivity contribution in [2.45, 2.75) is 76.7 Å². The van der Waals surface area contributed by atoms with Gasteiger partial charge in [-0.25, -0.2) is 0 Å². The molecular weight excluding hydrogens is 602 g/mol. The first-order chi connectivity index (χ1) is 21.2. The summed E-state index contributed by atoms with van der Waals surface area (Å²) in [6.45, 7) is 10.9. The van der Waals surface area contributed by atoms with Crippen molar-refractivity contribution in [2.75, 3.05) is 27.0 Å². The van der Waals surface area contributed by atoms with Crippen LogP contribution in [0.3, 0.4) is 0 Å². The minimum Gasteiger partial charge on any atom is -0.376 e. The number of carbonyl (C=O) groups excluding carboxylic acids is 1. The van der Waals surface area contributed by atoms with E-state index in [1.54, 1.807) is 7.11 Å². The fourth-order valence-corrected chi connectivity index (χ4v) is 8.43. The number of aromatic nitrogens is 1. The van der Waals surface area contributed by atoms with E-state index in [1.807, 2.05) is 32.1 Å². The Kier molecular flexibility index (Phi) is 9.94. The Bertz CT molecular complexity index is 1380. The van der Waals surface area contributed by atoms with Crippen LogP contribution in [0.4, 0.5) is 0 Å². The number of methoxy groups -OCH3 is 1. The van der Waals surface area contributed by atoms with Crippen molar-refractivity contribution < 1.29 is 37.5 Å². The van der Waals surface area contributed by atoms with Crippen molar-refractivity contribution in [3.63, 3.8) is 0 Å². The molecule has 0 aromatic carbocycles. The second kappa shape index (κ2) is 13.6. The number of ketones is 1. The fraction of sp³-hybridized carbons (Fsp3) is 0.594. The predicted octanol–water partition coefficient (Wildman–Crippen LogP) is 5.06. The standard InChI is InChI=1S/C32H42N2O8P2/c1-16-11-22-23(13-34-28(22)24(35)12-16)29-19(4)18(3)25(40-29)15-39-44(6)42-31-26(14-38-43-36)41-30(32(31)37-5)21-8-7-20-17(2)9-10-33-27(20)21/h7-11,13,18-19,21,23,25-26,29-32,36,43H,12,14-15H2,1-6H3/t18-,19?,21?,23?,25-,26-,29-,30+,31+,32?,44?/m1/s1. The zero-order chi connectivity index (χ0) is 31.1. The quantitative estimate of drug-likeness (QED) is 0.330. The Labute approximate surface area is 262 Å². The number of hydrogen-bond donors (Lipinski definition) is 1. The molecule has 0 saturated carbocycles. The van der Waals surface area contributed by atoms with Crippen LogP contribution in [-0.4, -0.2) is 85.5 Å². The van der Waals surface area contributed by atoms with E-state index in [4.69, 9.17) is 27.8 Å². The summed E-state index contributed by atoms with van der Waals surface area (Å²) < 4.78 is 37.4. The molecule has 6 unspecified atom stereocenters. The molecule has 0 amide bonds. The number of Topliss-reactive ketones (excluding diaryl/α,β-unsaturated/α-hetero) is 1. The average Bonchev–Trinajstić information content (AvgIpc) is 3.76. The third-order valence-corrected chi connectivity index (χ3v) is 11.1. The number of carbonyl (C=O) groups is 1. The maximum atomic E-state index is 12.5. The van der Waals surface area contributed by atoms with Crippen LogP contribution in [0.1, 0.15) is 49.9 Å². The van der Waals surface area contributed by atoms with Gasteiger partial charge in [-0.2, -0.15) is 0 Å². The molecule has 6 rings (SSSR count). The van der Waals surface area contributed by atoms with Crippen molar-refractivity contribution in [3.05, 3.63) is 58.1 Å². The first-order valence-corrected chi connectivity index (χ1v) is 17.7. The van der Waals surface area contributed by atoms with E-state index in [-0.39, 0.29) is 54.4 Å². The van der Waals surface area contributed by atoms with E-state index < -0.39 is 35.7 Å². The summed E-state index contributed by atoms with van der Waals surface area (Å²) in [5.74, 6) is 0.450. The Hall–Kier alpha value is -1.71. The van der Waals surface area contributed by atoms with Gasteiger partial charge in [0.2, 0.25) is 0 Å². The van der Waals surface area contributed by atoms with Gasteiger partial charge < -0.3 is 32.7 Å². The highest BCUT2D eigenvalue weighted by Crippen LogP contribution is 2.47. The van der Waals surface area contributed by atoms with Gasteiger partial charge in [0.1, 0.15) is 24.0 Å². The van der Waals surface area contributed by atoms with Gasteiger partial charge in [-0.3, -0.25) is 14.8 Å². The lowest BCUT2D eigenvalue weighted by Gasteiger charge is -2.28. The molecule has 0 spiro atoms. The minimum absolute atomic E-state index is 0.0397. The van der Waals surface area contributed by atoms with E-state index in [0.29, 0.717) is 18.7 Å². The summed E-state index contributed by atoms with van der Waals surface area (Å²) in [5.41, 5.74) is 5.87. The number of nitrogens with zero attached hydrogens (tertiary/aromatic N) is 2. The van der Waals surface area contributed by atoms with Crippen LogP contribution in [0.15, 0.2) is 46.3 Å². The Morgan fingerprint density at radius 3 is 2.66 bits per heavy atom. The summed E-state index contributed by atoms with van der Waals surface area (Å²) in [5, 5.41) is 0. The van der Waals surface area contributed by atoms with Crippen LogP contribution < -0.4 is 0 Å². The molecule has 0 bridgehead atoms. The van der Waals surface area contributed by atoms with E-state index in [0.717, 1.165) is 28.0 Å². The second-order valence-electron chi connectivity index (χ2n) is 12.4. The highest BCUT2D eigenvalue weighted by molar-refractivity contribution is 7.46. The summed E-state index contributed by atoms with van der Waals surface area (Å²) in [4.78, 5) is 31.1. The third kappa shape index (κ3) is 6.06. The summed E-state index contributed by atoms with van der Waals surface area (Å²) in [6, 6.07) is 2.00. The van der Waals surface area contributed by atoms with E-state index >= 15 is 0 Å². The van der Waals surface area contributed by atoms with Gasteiger partial charge in [0.15, 0.2) is 23.2 Å². The third-order valence-electron chi connectivity index (χ3n) is 9.72. The molecule has 3 aliphatic heterocycles. The molecule has 10 nitrogen and oxygen atoms in total. The lowest BCUT2D eigenvalue weighted by atomic mass is 9.80. The molecule has 1 N–H and O–H groups in total. The normalized spacial score (nSPS) is 37.0. The molecule has 0 radical (unpaired) electrons. The SMILES string of the molecule is COC1[C@H](C2C=Cc3c(C)ccnc32)O[C@H](COPO)[C@@H]1OP(C)OC[C@H]1O[C@@H](C2C=NC3=C2C=C(C)CC3=O)C(C)[C@H]1C. The highest BCUT2D eigenvalue weighted by atomic mass is 31.2. The number of allylic oxidation sites excluding steroid dienone is 3. The second-order valence-corrected chi connectivity index (χ2v) is 14.2. The molecule has 5 aliphatic rings. The van der Waals surface area contributed by atoms with Gasteiger partial charge in [-0.1, -0.05) is 37.6 Å². The maximum absolute atomic E-state index is 12.5. The van der Waals surface area contributed by atoms with Crippen molar-refractivity contribution in [1.29, 1.82) is 0 Å². The van der Waals surface area contributed by atoms with E-state index in [1.165, 1.54) is 0 Å². The smallest absolute Gasteiger partial charge is 0.185 e. The van der Waals surface area contributed by atoms with Crippen LogP contribution in [-0.2, 0) is 32.6 Å². The molecular formula is C32H42N2O8P2. The van der Waals surface area contributed by atoms with Crippen LogP contribution in [0.25, 0.3) is 6.08 Å². The highest BCUT2D eigenvalue weighted by Gasteiger charge is 2.51. The largest absolute Gasteiger partial charge is 0.376 e. The Balaban J connectivity index is 1.10. The lowest BCUT2D eigenvalue weighted by molar-refractivity contribution is -0.115. The molecule has 44 heavy (non-hydrogen) atoms. The summed E-state index contributed by atoms with van der Waals surface area (Å²) in [7, 11) is -0.324. The van der Waals surface area contributed by atoms with Gasteiger partial charge in [0.05, 0.1) is 37.2 Å². The zero-order valence-corrected chi connectivity index (χ0v) is 27.9. The number of fused-ring (bicyclic) bond motifs is 1. The van der Waals surface area contributed by atoms with Crippen molar-refractivity contribution in [2.24, 2.45) is 22.7 Å². The van der Waals surface area contributed by atoms with Gasteiger partial charge in [0, 0.05) is 44.4 Å². The van der Waals surface area contributed by atoms with Crippen LogP contribution in [0.5, 0.6) is 0 Å². The van der Waals surface area contributed by atoms with E-state index in [9.17, 15) is 9.69 Å². The lowest BCUT2D eigenvalue weighted by Crippen LogP contribution is -2.38. The molecule has 4 heterocycles. The average molecular weight is 645 g/mol. The van der Waals surface area contributed by atoms with E-state index in [2.05, 4.69) is 49.0 Å². The number of rotatable bonds is 11. The first-order valence-electron chi connectivity index (χ1n) is 15.2. The predicted molar refractivity (Wildman–Crippen MR) is 170 cm³/mol. The monoisotopic (exact) mass is 644 g/mol. The molecule has 12 atom stereocenters. The number of hydrogen-bond acceptors (Lipinski definition) is 10. The van der Waals surface area contributed by atoms with Gasteiger partial charge in [-0.05, 0) is 48.4 Å². The van der Waals surface area contributed by atoms with Crippen LogP contribution in [0.2, 0.25) is 0 Å².